The van der Waals surface area contributed by atoms with Crippen LogP contribution in [0.3, 0.4) is 0 Å². The minimum absolute atomic E-state index is 0.750. The third-order valence-corrected chi connectivity index (χ3v) is 3.93. The van der Waals surface area contributed by atoms with Crippen molar-refractivity contribution in [1.29, 1.82) is 0 Å². The van der Waals surface area contributed by atoms with E-state index in [2.05, 4.69) is 32.3 Å². The molecule has 4 nitrogen and oxygen atoms in total. The Bertz CT molecular complexity index is 779. The summed E-state index contributed by atoms with van der Waals surface area (Å²) in [5.41, 5.74) is 4.33. The molecule has 0 atom stereocenters. The van der Waals surface area contributed by atoms with Gasteiger partial charge in [-0.15, -0.1) is 0 Å². The Balaban J connectivity index is 1.77. The van der Waals surface area contributed by atoms with E-state index in [9.17, 15) is 0 Å². The topological polar surface area (TPSA) is 44.0 Å². The van der Waals surface area contributed by atoms with Crippen molar-refractivity contribution in [3.05, 3.63) is 58.9 Å². The number of rotatable bonds is 5. The molecule has 0 spiro atoms. The molecule has 0 aliphatic rings. The van der Waals surface area contributed by atoms with Crippen molar-refractivity contribution in [2.75, 3.05) is 19.4 Å². The number of fused-ring (bicyclic) bond motifs is 1. The highest BCUT2D eigenvalue weighted by Gasteiger charge is 2.05. The quantitative estimate of drug-likeness (QED) is 0.751. The largest absolute Gasteiger partial charge is 0.381 e. The van der Waals surface area contributed by atoms with Crippen molar-refractivity contribution in [3.8, 4) is 0 Å². The number of halogens is 1. The highest BCUT2D eigenvalue weighted by molar-refractivity contribution is 6.31. The number of benzene rings is 1. The van der Waals surface area contributed by atoms with E-state index in [1.165, 1.54) is 5.56 Å². The van der Waals surface area contributed by atoms with Gasteiger partial charge in [0.05, 0.1) is 0 Å². The highest BCUT2D eigenvalue weighted by Crippen LogP contribution is 2.23. The summed E-state index contributed by atoms with van der Waals surface area (Å²) in [5, 5.41) is 5.42. The molecule has 1 aromatic carbocycles. The van der Waals surface area contributed by atoms with Gasteiger partial charge >= 0.3 is 0 Å². The average molecular weight is 315 g/mol. The Kier molecular flexibility index (Phi) is 4.32. The van der Waals surface area contributed by atoms with Crippen LogP contribution in [0.25, 0.3) is 11.0 Å². The standard InChI is InChI=1S/C17H19ClN4/c1-22(2)11-13-9-14(3-4-16(13)18)21-10-12-5-7-19-17-15(12)6-8-20-17/h3-9,21H,10-11H2,1-2H3,(H,19,20). The van der Waals surface area contributed by atoms with Crippen LogP contribution in [-0.2, 0) is 13.1 Å². The Morgan fingerprint density at radius 1 is 1.18 bits per heavy atom. The molecule has 0 saturated carbocycles. The lowest BCUT2D eigenvalue weighted by atomic mass is 10.1. The molecule has 5 heteroatoms. The van der Waals surface area contributed by atoms with Gasteiger partial charge in [-0.2, -0.15) is 0 Å². The molecule has 22 heavy (non-hydrogen) atoms. The molecule has 2 aromatic heterocycles. The lowest BCUT2D eigenvalue weighted by Crippen LogP contribution is -2.11. The molecule has 2 heterocycles. The van der Waals surface area contributed by atoms with Crippen molar-refractivity contribution in [2.45, 2.75) is 13.1 Å². The number of nitrogens with zero attached hydrogens (tertiary/aromatic N) is 2. The maximum absolute atomic E-state index is 6.25. The zero-order valence-electron chi connectivity index (χ0n) is 12.7. The molecule has 0 fully saturated rings. The molecule has 0 aliphatic heterocycles. The van der Waals surface area contributed by atoms with Crippen LogP contribution in [-0.4, -0.2) is 29.0 Å². The minimum Gasteiger partial charge on any atom is -0.381 e. The number of hydrogen-bond donors (Lipinski definition) is 2. The van der Waals surface area contributed by atoms with Gasteiger partial charge in [0.25, 0.3) is 0 Å². The van der Waals surface area contributed by atoms with Crippen LogP contribution < -0.4 is 5.32 Å². The van der Waals surface area contributed by atoms with Crippen molar-refractivity contribution >= 4 is 28.3 Å². The molecule has 0 saturated heterocycles. The van der Waals surface area contributed by atoms with Crippen LogP contribution in [0, 0.1) is 0 Å². The van der Waals surface area contributed by atoms with Gasteiger partial charge in [-0.1, -0.05) is 11.6 Å². The average Bonchev–Trinajstić information content (AvgIpc) is 2.96. The summed E-state index contributed by atoms with van der Waals surface area (Å²) >= 11 is 6.25. The van der Waals surface area contributed by atoms with E-state index < -0.39 is 0 Å². The van der Waals surface area contributed by atoms with Crippen LogP contribution in [0.5, 0.6) is 0 Å². The number of pyridine rings is 1. The zero-order valence-corrected chi connectivity index (χ0v) is 13.5. The fourth-order valence-electron chi connectivity index (χ4n) is 2.52. The fourth-order valence-corrected chi connectivity index (χ4v) is 2.69. The van der Waals surface area contributed by atoms with Crippen LogP contribution in [0.1, 0.15) is 11.1 Å². The number of nitrogens with one attached hydrogen (secondary N) is 2. The first-order valence-electron chi connectivity index (χ1n) is 7.21. The molecule has 0 unspecified atom stereocenters. The van der Waals surface area contributed by atoms with Crippen LogP contribution in [0.2, 0.25) is 5.02 Å². The van der Waals surface area contributed by atoms with Gasteiger partial charge in [0.15, 0.2) is 0 Å². The van der Waals surface area contributed by atoms with Crippen LogP contribution in [0.15, 0.2) is 42.7 Å². The second kappa shape index (κ2) is 6.38. The predicted octanol–water partition coefficient (Wildman–Crippen LogP) is 3.89. The molecule has 0 bridgehead atoms. The van der Waals surface area contributed by atoms with Crippen molar-refractivity contribution in [1.82, 2.24) is 14.9 Å². The van der Waals surface area contributed by atoms with E-state index in [4.69, 9.17) is 11.6 Å². The molecular formula is C17H19ClN4. The minimum atomic E-state index is 0.750. The van der Waals surface area contributed by atoms with Gasteiger partial charge < -0.3 is 15.2 Å². The fraction of sp³-hybridized carbons (Fsp3) is 0.235. The molecule has 2 N–H and O–H groups in total. The molecule has 3 rings (SSSR count). The lowest BCUT2D eigenvalue weighted by Gasteiger charge is -2.14. The monoisotopic (exact) mass is 314 g/mol. The van der Waals surface area contributed by atoms with E-state index in [0.29, 0.717) is 0 Å². The summed E-state index contributed by atoms with van der Waals surface area (Å²) in [6, 6.07) is 10.2. The summed E-state index contributed by atoms with van der Waals surface area (Å²) in [6.07, 6.45) is 3.74. The van der Waals surface area contributed by atoms with Crippen molar-refractivity contribution < 1.29 is 0 Å². The van der Waals surface area contributed by atoms with Crippen LogP contribution in [0.4, 0.5) is 5.69 Å². The van der Waals surface area contributed by atoms with Gasteiger partial charge in [-0.25, -0.2) is 4.98 Å². The lowest BCUT2D eigenvalue weighted by molar-refractivity contribution is 0.402. The van der Waals surface area contributed by atoms with Crippen molar-refractivity contribution in [3.63, 3.8) is 0 Å². The second-order valence-electron chi connectivity index (χ2n) is 5.61. The predicted molar refractivity (Wildman–Crippen MR) is 92.3 cm³/mol. The summed E-state index contributed by atoms with van der Waals surface area (Å²) in [6.45, 7) is 1.57. The van der Waals surface area contributed by atoms with E-state index in [0.717, 1.165) is 40.4 Å². The van der Waals surface area contributed by atoms with Crippen molar-refractivity contribution in [2.24, 2.45) is 0 Å². The SMILES string of the molecule is CN(C)Cc1cc(NCc2ccnc3[nH]ccc23)ccc1Cl. The molecule has 0 aliphatic carbocycles. The Hall–Kier alpha value is -2.04. The van der Waals surface area contributed by atoms with E-state index in [1.54, 1.807) is 0 Å². The summed E-state index contributed by atoms with van der Waals surface area (Å²) in [7, 11) is 4.08. The van der Waals surface area contributed by atoms with Gasteiger partial charge in [-0.05, 0) is 55.6 Å². The van der Waals surface area contributed by atoms with Gasteiger partial charge in [0, 0.05) is 41.6 Å². The summed E-state index contributed by atoms with van der Waals surface area (Å²) < 4.78 is 0. The third-order valence-electron chi connectivity index (χ3n) is 3.57. The molecule has 3 aromatic rings. The molecule has 0 amide bonds. The van der Waals surface area contributed by atoms with E-state index >= 15 is 0 Å². The van der Waals surface area contributed by atoms with Gasteiger partial charge in [0.1, 0.15) is 5.65 Å². The van der Waals surface area contributed by atoms with Crippen LogP contribution >= 0.6 is 11.6 Å². The Morgan fingerprint density at radius 2 is 2.05 bits per heavy atom. The smallest absolute Gasteiger partial charge is 0.137 e. The maximum atomic E-state index is 6.25. The third kappa shape index (κ3) is 3.24. The first-order chi connectivity index (χ1) is 10.6. The summed E-state index contributed by atoms with van der Waals surface area (Å²) in [4.78, 5) is 9.55. The van der Waals surface area contributed by atoms with E-state index in [-0.39, 0.29) is 0 Å². The Morgan fingerprint density at radius 3 is 2.86 bits per heavy atom. The first-order valence-corrected chi connectivity index (χ1v) is 7.59. The molecular weight excluding hydrogens is 296 g/mol. The van der Waals surface area contributed by atoms with Gasteiger partial charge in [-0.3, -0.25) is 0 Å². The summed E-state index contributed by atoms with van der Waals surface area (Å²) in [5.74, 6) is 0. The number of aromatic amines is 1. The Labute approximate surface area is 135 Å². The number of aromatic nitrogens is 2. The molecule has 114 valence electrons. The number of hydrogen-bond acceptors (Lipinski definition) is 3. The highest BCUT2D eigenvalue weighted by atomic mass is 35.5. The first kappa shape index (κ1) is 14.9. The second-order valence-corrected chi connectivity index (χ2v) is 6.01. The van der Waals surface area contributed by atoms with Gasteiger partial charge in [0.2, 0.25) is 0 Å². The molecule has 0 radical (unpaired) electrons. The zero-order chi connectivity index (χ0) is 15.5. The number of anilines is 1. The normalized spacial score (nSPS) is 11.3. The number of H-pyrrole nitrogens is 1. The maximum Gasteiger partial charge on any atom is 0.137 e. The van der Waals surface area contributed by atoms with E-state index in [1.807, 2.05) is 44.7 Å².